The highest BCUT2D eigenvalue weighted by Gasteiger charge is 2.29. The Morgan fingerprint density at radius 1 is 0.926 bits per heavy atom. The number of fused-ring (bicyclic) bond motifs is 2. The Kier molecular flexibility index (Phi) is 3.62. The van der Waals surface area contributed by atoms with Crippen LogP contribution in [-0.4, -0.2) is 32.0 Å². The molecule has 27 heavy (non-hydrogen) atoms. The number of benzene rings is 2. The van der Waals surface area contributed by atoms with Crippen molar-refractivity contribution in [3.05, 3.63) is 76.1 Å². The molecule has 0 aliphatic rings. The highest BCUT2D eigenvalue weighted by Crippen LogP contribution is 2.25. The van der Waals surface area contributed by atoms with Gasteiger partial charge in [0.05, 0.1) is 0 Å². The zero-order chi connectivity index (χ0) is 19.1. The molecule has 0 radical (unpaired) electrons. The Balaban J connectivity index is 1.77. The van der Waals surface area contributed by atoms with Gasteiger partial charge in [0.25, 0.3) is 0 Å². The number of anilines is 1. The normalized spacial score (nSPS) is 11.0. The first-order valence-corrected chi connectivity index (χ1v) is 7.86. The van der Waals surface area contributed by atoms with E-state index in [4.69, 9.17) is 5.11 Å². The highest BCUT2D eigenvalue weighted by atomic mass is 16.7. The van der Waals surface area contributed by atoms with E-state index in [2.05, 4.69) is 9.97 Å². The van der Waals surface area contributed by atoms with E-state index in [9.17, 15) is 19.7 Å². The first-order chi connectivity index (χ1) is 12.9. The van der Waals surface area contributed by atoms with E-state index < -0.39 is 16.9 Å². The maximum absolute atomic E-state index is 12.8. The minimum atomic E-state index is -1.15. The summed E-state index contributed by atoms with van der Waals surface area (Å²) in [6.45, 7) is 0. The van der Waals surface area contributed by atoms with E-state index in [1.165, 1.54) is 24.3 Å². The molecule has 2 heterocycles. The van der Waals surface area contributed by atoms with Crippen LogP contribution in [0.25, 0.3) is 21.8 Å². The van der Waals surface area contributed by atoms with Gasteiger partial charge in [0.1, 0.15) is 17.1 Å². The predicted molar refractivity (Wildman–Crippen MR) is 97.4 cm³/mol. The number of nitrogens with one attached hydrogen (secondary N) is 2. The number of hydrogen-bond donors (Lipinski definition) is 3. The number of hydrogen-bond acceptors (Lipinski definition) is 4. The lowest BCUT2D eigenvalue weighted by Gasteiger charge is -2.11. The second kappa shape index (κ2) is 5.99. The molecule has 9 heteroatoms. The van der Waals surface area contributed by atoms with Crippen molar-refractivity contribution in [2.24, 2.45) is 0 Å². The minimum absolute atomic E-state index is 0.0205. The van der Waals surface area contributed by atoms with E-state index in [1.54, 1.807) is 30.3 Å². The Morgan fingerprint density at radius 2 is 1.59 bits per heavy atom. The second-order valence-electron chi connectivity index (χ2n) is 5.88. The molecule has 0 aliphatic heterocycles. The molecule has 4 rings (SSSR count). The third kappa shape index (κ3) is 2.76. The summed E-state index contributed by atoms with van der Waals surface area (Å²) < 4.78 is 0. The Labute approximate surface area is 151 Å². The summed E-state index contributed by atoms with van der Waals surface area (Å²) in [5.74, 6) is -1.97. The van der Waals surface area contributed by atoms with Crippen LogP contribution in [0.15, 0.2) is 54.6 Å². The van der Waals surface area contributed by atoms with E-state index in [0.717, 1.165) is 5.39 Å². The number of nitro groups is 1. The number of carboxylic acids is 1. The largest absolute Gasteiger partial charge is 0.477 e. The fourth-order valence-corrected chi connectivity index (χ4v) is 2.96. The monoisotopic (exact) mass is 364 g/mol. The molecule has 2 aromatic carbocycles. The lowest BCUT2D eigenvalue weighted by molar-refractivity contribution is -0.481. The number of rotatable bonds is 4. The summed E-state index contributed by atoms with van der Waals surface area (Å²) in [7, 11) is 0. The number of aromatic carboxylic acids is 1. The molecule has 0 saturated heterocycles. The van der Waals surface area contributed by atoms with Crippen LogP contribution in [0.5, 0.6) is 0 Å². The van der Waals surface area contributed by atoms with Gasteiger partial charge in [0.15, 0.2) is 5.03 Å². The standard InChI is InChI=1S/C18H12N4O5/c23-17(15-8-10-3-1-2-4-13(10)19-15)21(22(26)27)12-5-6-14-11(7-12)9-16(20-14)18(24)25/h1-9,19-20H,(H,24,25). The van der Waals surface area contributed by atoms with Gasteiger partial charge in [0, 0.05) is 21.8 Å². The van der Waals surface area contributed by atoms with Gasteiger partial charge < -0.3 is 15.1 Å². The molecule has 0 saturated carbocycles. The smallest absolute Gasteiger partial charge is 0.352 e. The Morgan fingerprint density at radius 3 is 2.30 bits per heavy atom. The highest BCUT2D eigenvalue weighted by molar-refractivity contribution is 6.07. The number of carbonyl (C=O) groups is 2. The van der Waals surface area contributed by atoms with Crippen LogP contribution < -0.4 is 5.01 Å². The molecule has 0 atom stereocenters. The number of H-pyrrole nitrogens is 2. The van der Waals surface area contributed by atoms with Gasteiger partial charge in [-0.25, -0.2) is 14.9 Å². The van der Waals surface area contributed by atoms with Crippen LogP contribution in [0.3, 0.4) is 0 Å². The van der Waals surface area contributed by atoms with Gasteiger partial charge in [-0.2, -0.15) is 0 Å². The molecule has 0 aliphatic carbocycles. The van der Waals surface area contributed by atoms with Gasteiger partial charge >= 0.3 is 11.9 Å². The van der Waals surface area contributed by atoms with Gasteiger partial charge in [-0.15, -0.1) is 0 Å². The van der Waals surface area contributed by atoms with Crippen LogP contribution in [-0.2, 0) is 0 Å². The second-order valence-corrected chi connectivity index (χ2v) is 5.88. The summed E-state index contributed by atoms with van der Waals surface area (Å²) in [6, 6.07) is 14.3. The van der Waals surface area contributed by atoms with Crippen LogP contribution >= 0.6 is 0 Å². The summed E-state index contributed by atoms with van der Waals surface area (Å²) in [6.07, 6.45) is 0. The first-order valence-electron chi connectivity index (χ1n) is 7.86. The van der Waals surface area contributed by atoms with Gasteiger partial charge in [0.2, 0.25) is 0 Å². The summed E-state index contributed by atoms with van der Waals surface area (Å²) in [4.78, 5) is 41.0. The van der Waals surface area contributed by atoms with E-state index in [-0.39, 0.29) is 17.1 Å². The van der Waals surface area contributed by atoms with Crippen molar-refractivity contribution in [3.63, 3.8) is 0 Å². The van der Waals surface area contributed by atoms with Crippen molar-refractivity contribution in [3.8, 4) is 0 Å². The van der Waals surface area contributed by atoms with Crippen LogP contribution in [0.1, 0.15) is 21.0 Å². The molecular formula is C18H12N4O5. The zero-order valence-corrected chi connectivity index (χ0v) is 13.7. The molecule has 3 N–H and O–H groups in total. The number of aromatic amines is 2. The van der Waals surface area contributed by atoms with E-state index in [0.29, 0.717) is 21.4 Å². The molecule has 134 valence electrons. The number of nitrogens with zero attached hydrogens (tertiary/aromatic N) is 2. The molecule has 0 bridgehead atoms. The average Bonchev–Trinajstić information content (AvgIpc) is 3.25. The molecular weight excluding hydrogens is 352 g/mol. The van der Waals surface area contributed by atoms with E-state index >= 15 is 0 Å². The number of aromatic nitrogens is 2. The molecule has 0 spiro atoms. The summed E-state index contributed by atoms with van der Waals surface area (Å²) >= 11 is 0. The van der Waals surface area contributed by atoms with Crippen molar-refractivity contribution >= 4 is 39.4 Å². The quantitative estimate of drug-likeness (QED) is 0.378. The molecule has 0 unspecified atom stereocenters. The van der Waals surface area contributed by atoms with Crippen molar-refractivity contribution in [2.45, 2.75) is 0 Å². The summed E-state index contributed by atoms with van der Waals surface area (Å²) in [5, 5.41) is 21.5. The zero-order valence-electron chi connectivity index (χ0n) is 13.7. The minimum Gasteiger partial charge on any atom is -0.477 e. The topological polar surface area (TPSA) is 132 Å². The number of amides is 1. The molecule has 9 nitrogen and oxygen atoms in total. The van der Waals surface area contributed by atoms with Gasteiger partial charge in [-0.05, 0) is 41.4 Å². The fourth-order valence-electron chi connectivity index (χ4n) is 2.96. The third-order valence-electron chi connectivity index (χ3n) is 4.20. The number of carbonyl (C=O) groups excluding carboxylic acids is 1. The maximum atomic E-state index is 12.8. The lowest BCUT2D eigenvalue weighted by Crippen LogP contribution is -2.36. The van der Waals surface area contributed by atoms with Gasteiger partial charge in [-0.1, -0.05) is 18.2 Å². The predicted octanol–water partition coefficient (Wildman–Crippen LogP) is 3.19. The molecule has 2 aromatic heterocycles. The Bertz CT molecular complexity index is 1190. The molecule has 4 aromatic rings. The molecule has 0 fully saturated rings. The number of carboxylic acid groups (broad SMARTS) is 1. The first kappa shape index (κ1) is 16.3. The maximum Gasteiger partial charge on any atom is 0.352 e. The SMILES string of the molecule is O=C(O)c1cc2cc(N(C(=O)c3cc4ccccc4[nH]3)[N+](=O)[O-])ccc2[nH]1. The lowest BCUT2D eigenvalue weighted by atomic mass is 10.2. The van der Waals surface area contributed by atoms with Crippen LogP contribution in [0, 0.1) is 10.1 Å². The van der Waals surface area contributed by atoms with Crippen molar-refractivity contribution < 1.29 is 19.7 Å². The van der Waals surface area contributed by atoms with Gasteiger partial charge in [-0.3, -0.25) is 4.79 Å². The fraction of sp³-hybridized carbons (Fsp3) is 0. The average molecular weight is 364 g/mol. The summed E-state index contributed by atoms with van der Waals surface area (Å²) in [5.41, 5.74) is 1.24. The van der Waals surface area contributed by atoms with Crippen molar-refractivity contribution in [2.75, 3.05) is 5.01 Å². The van der Waals surface area contributed by atoms with E-state index in [1.807, 2.05) is 0 Å². The van der Waals surface area contributed by atoms with Crippen LogP contribution in [0.4, 0.5) is 5.69 Å². The number of hydrazine groups is 1. The van der Waals surface area contributed by atoms with Crippen LogP contribution in [0.2, 0.25) is 0 Å². The Hall–Kier alpha value is -4.14. The third-order valence-corrected chi connectivity index (χ3v) is 4.20. The number of para-hydroxylation sites is 1. The van der Waals surface area contributed by atoms with Crippen molar-refractivity contribution in [1.29, 1.82) is 0 Å². The molecule has 1 amide bonds. The van der Waals surface area contributed by atoms with Crippen molar-refractivity contribution in [1.82, 2.24) is 9.97 Å².